The number of carbonyl (C=O) groups excluding carboxylic acids is 2. The topological polar surface area (TPSA) is 77.1 Å². The zero-order valence-corrected chi connectivity index (χ0v) is 25.5. The number of esters is 1. The van der Waals surface area contributed by atoms with E-state index >= 15 is 0 Å². The lowest BCUT2D eigenvalue weighted by Gasteiger charge is -2.40. The molecule has 1 N–H and O–H groups in total. The van der Waals surface area contributed by atoms with Gasteiger partial charge < -0.3 is 23.8 Å². The van der Waals surface area contributed by atoms with Gasteiger partial charge in [-0.1, -0.05) is 31.0 Å². The van der Waals surface area contributed by atoms with Gasteiger partial charge in [-0.2, -0.15) is 26.3 Å². The zero-order valence-electron chi connectivity index (χ0n) is 24.6. The summed E-state index contributed by atoms with van der Waals surface area (Å²) < 4.78 is 98.0. The summed E-state index contributed by atoms with van der Waals surface area (Å²) >= 11 is 4.63. The molecule has 0 heterocycles. The van der Waals surface area contributed by atoms with Gasteiger partial charge in [0.15, 0.2) is 0 Å². The number of alkyl halides is 6. The standard InChI is InChI=1S/C29H36F6N2O5S/c1-18(19-14-20(28(30,31)32)16-21(15-19)29(33,34)35)41-17-27(5,37(43)22-10-8-7-9-11-22)13-12-23(24(38)40-6)36-25(39)42-26(2,3)4/h7-11,14-16,18,23,43H,12-13,17H2,1-6H3,(H,36,39)/t18-,23?,27-/m1/s1. The van der Waals surface area contributed by atoms with Crippen molar-refractivity contribution in [2.45, 2.75) is 83.1 Å². The molecule has 0 spiro atoms. The number of hydrogen-bond acceptors (Lipinski definition) is 7. The van der Waals surface area contributed by atoms with Crippen LogP contribution in [0.5, 0.6) is 0 Å². The van der Waals surface area contributed by atoms with Gasteiger partial charge in [-0.05, 0) is 83.4 Å². The molecule has 0 saturated heterocycles. The van der Waals surface area contributed by atoms with Crippen molar-refractivity contribution >= 4 is 30.6 Å². The van der Waals surface area contributed by atoms with E-state index in [1.807, 2.05) is 0 Å². The maximum absolute atomic E-state index is 13.4. The Morgan fingerprint density at radius 2 is 1.47 bits per heavy atom. The van der Waals surface area contributed by atoms with E-state index < -0.39 is 58.8 Å². The summed E-state index contributed by atoms with van der Waals surface area (Å²) in [6, 6.07) is 8.85. The molecule has 0 aliphatic rings. The highest BCUT2D eigenvalue weighted by atomic mass is 32.1. The molecule has 0 fully saturated rings. The van der Waals surface area contributed by atoms with Crippen LogP contribution in [0.2, 0.25) is 0 Å². The first-order valence-corrected chi connectivity index (χ1v) is 13.6. The molecule has 0 aromatic heterocycles. The lowest BCUT2D eigenvalue weighted by atomic mass is 9.93. The number of ether oxygens (including phenoxy) is 3. The van der Waals surface area contributed by atoms with Crippen LogP contribution in [0.3, 0.4) is 0 Å². The van der Waals surface area contributed by atoms with Crippen molar-refractivity contribution in [3.8, 4) is 0 Å². The minimum absolute atomic E-state index is 0.00810. The number of carbonyl (C=O) groups is 2. The number of thiol groups is 1. The molecule has 2 aromatic rings. The quantitative estimate of drug-likeness (QED) is 0.149. The fourth-order valence-corrected chi connectivity index (χ4v) is 4.32. The Balaban J connectivity index is 2.37. The predicted molar refractivity (Wildman–Crippen MR) is 152 cm³/mol. The Hall–Kier alpha value is -3.13. The van der Waals surface area contributed by atoms with Gasteiger partial charge in [-0.15, -0.1) is 0 Å². The number of hydrogen-bond donors (Lipinski definition) is 2. The van der Waals surface area contributed by atoms with Gasteiger partial charge >= 0.3 is 24.4 Å². The fourth-order valence-electron chi connectivity index (χ4n) is 4.03. The molecule has 240 valence electrons. The Kier molecular flexibility index (Phi) is 11.8. The summed E-state index contributed by atoms with van der Waals surface area (Å²) in [5.74, 6) is -0.753. The van der Waals surface area contributed by atoms with Crippen molar-refractivity contribution in [2.24, 2.45) is 0 Å². The second-order valence-corrected chi connectivity index (χ2v) is 11.6. The van der Waals surface area contributed by atoms with Crippen molar-refractivity contribution in [1.82, 2.24) is 5.32 Å². The summed E-state index contributed by atoms with van der Waals surface area (Å²) in [5, 5.41) is 2.47. The molecule has 43 heavy (non-hydrogen) atoms. The first-order valence-electron chi connectivity index (χ1n) is 13.2. The van der Waals surface area contributed by atoms with E-state index in [2.05, 4.69) is 18.1 Å². The maximum Gasteiger partial charge on any atom is 0.416 e. The highest BCUT2D eigenvalue weighted by Gasteiger charge is 2.39. The van der Waals surface area contributed by atoms with E-state index in [9.17, 15) is 35.9 Å². The van der Waals surface area contributed by atoms with Crippen LogP contribution in [-0.4, -0.2) is 43.0 Å². The number of methoxy groups -OCH3 is 1. The Bertz CT molecular complexity index is 1200. The normalized spacial score (nSPS) is 15.2. The average Bonchev–Trinajstić information content (AvgIpc) is 2.91. The third-order valence-corrected chi connectivity index (χ3v) is 7.10. The molecule has 2 rings (SSSR count). The van der Waals surface area contributed by atoms with Crippen molar-refractivity contribution in [2.75, 3.05) is 18.0 Å². The summed E-state index contributed by atoms with van der Waals surface area (Å²) in [7, 11) is 1.15. The summed E-state index contributed by atoms with van der Waals surface area (Å²) in [4.78, 5) is 24.9. The lowest BCUT2D eigenvalue weighted by Crippen LogP contribution is -2.49. The molecule has 3 atom stereocenters. The van der Waals surface area contributed by atoms with Crippen molar-refractivity contribution < 1.29 is 50.1 Å². The minimum atomic E-state index is -5.01. The van der Waals surface area contributed by atoms with Gasteiger partial charge in [-0.25, -0.2) is 9.59 Å². The highest BCUT2D eigenvalue weighted by molar-refractivity contribution is 7.81. The van der Waals surface area contributed by atoms with E-state index in [-0.39, 0.29) is 31.1 Å². The number of nitrogens with zero attached hydrogens (tertiary/aromatic N) is 1. The second kappa shape index (κ2) is 14.1. The summed E-state index contributed by atoms with van der Waals surface area (Å²) in [6.45, 7) is 7.73. The number of amides is 1. The van der Waals surface area contributed by atoms with Crippen molar-refractivity contribution in [3.05, 3.63) is 65.2 Å². The molecular formula is C29H36F6N2O5S. The van der Waals surface area contributed by atoms with E-state index in [0.717, 1.165) is 7.11 Å². The third kappa shape index (κ3) is 10.8. The molecular weight excluding hydrogens is 602 g/mol. The van der Waals surface area contributed by atoms with Crippen LogP contribution in [0.1, 0.15) is 70.3 Å². The van der Waals surface area contributed by atoms with Gasteiger partial charge in [0.25, 0.3) is 0 Å². The van der Waals surface area contributed by atoms with Crippen LogP contribution < -0.4 is 9.62 Å². The monoisotopic (exact) mass is 638 g/mol. The summed E-state index contributed by atoms with van der Waals surface area (Å²) in [5.41, 5.74) is -4.58. The fraction of sp³-hybridized carbons (Fsp3) is 0.517. The largest absolute Gasteiger partial charge is 0.467 e. The van der Waals surface area contributed by atoms with Crippen LogP contribution in [-0.2, 0) is 31.4 Å². The molecule has 0 radical (unpaired) electrons. The zero-order chi connectivity index (χ0) is 32.8. The van der Waals surface area contributed by atoms with Crippen molar-refractivity contribution in [1.29, 1.82) is 0 Å². The number of nitrogens with one attached hydrogen (secondary N) is 1. The van der Waals surface area contributed by atoms with Crippen LogP contribution in [0, 0.1) is 0 Å². The van der Waals surface area contributed by atoms with Crippen molar-refractivity contribution in [3.63, 3.8) is 0 Å². The second-order valence-electron chi connectivity index (χ2n) is 11.2. The first kappa shape index (κ1) is 36.1. The minimum Gasteiger partial charge on any atom is -0.467 e. The smallest absolute Gasteiger partial charge is 0.416 e. The third-order valence-electron chi connectivity index (χ3n) is 6.38. The number of anilines is 1. The molecule has 1 amide bonds. The van der Waals surface area contributed by atoms with E-state index in [1.165, 1.54) is 11.2 Å². The van der Waals surface area contributed by atoms with E-state index in [1.54, 1.807) is 58.0 Å². The lowest BCUT2D eigenvalue weighted by molar-refractivity contribution is -0.144. The molecule has 0 aliphatic carbocycles. The molecule has 1 unspecified atom stereocenters. The van der Waals surface area contributed by atoms with Gasteiger partial charge in [0.2, 0.25) is 0 Å². The number of alkyl carbamates (subject to hydrolysis) is 1. The number of para-hydroxylation sites is 1. The number of halogens is 6. The van der Waals surface area contributed by atoms with E-state index in [4.69, 9.17) is 14.2 Å². The Labute approximate surface area is 252 Å². The summed E-state index contributed by atoms with van der Waals surface area (Å²) in [6.07, 6.45) is -12.0. The molecule has 0 aliphatic heterocycles. The average molecular weight is 639 g/mol. The Morgan fingerprint density at radius 1 is 0.930 bits per heavy atom. The molecule has 0 saturated carbocycles. The van der Waals surface area contributed by atoms with Gasteiger partial charge in [0.1, 0.15) is 11.6 Å². The number of rotatable bonds is 11. The van der Waals surface area contributed by atoms with Gasteiger partial charge in [0.05, 0.1) is 36.5 Å². The molecule has 2 aromatic carbocycles. The molecule has 14 heteroatoms. The highest BCUT2D eigenvalue weighted by Crippen LogP contribution is 2.39. The van der Waals surface area contributed by atoms with E-state index in [0.29, 0.717) is 17.8 Å². The van der Waals surface area contributed by atoms with Crippen LogP contribution in [0.25, 0.3) is 0 Å². The van der Waals surface area contributed by atoms with Crippen LogP contribution >= 0.6 is 12.8 Å². The predicted octanol–water partition coefficient (Wildman–Crippen LogP) is 7.76. The molecule has 7 nitrogen and oxygen atoms in total. The Morgan fingerprint density at radius 3 is 1.93 bits per heavy atom. The SMILES string of the molecule is COC(=O)C(CC[C@](C)(CO[C@H](C)c1cc(C(F)(F)F)cc(C(F)(F)F)c1)N(S)c1ccccc1)NC(=O)OC(C)(C)C. The molecule has 0 bridgehead atoms. The van der Waals surface area contributed by atoms with Gasteiger partial charge in [0, 0.05) is 5.69 Å². The van der Waals surface area contributed by atoms with Crippen LogP contribution in [0.4, 0.5) is 36.8 Å². The number of benzene rings is 2. The maximum atomic E-state index is 13.4. The first-order chi connectivity index (χ1) is 19.7. The van der Waals surface area contributed by atoms with Crippen LogP contribution in [0.15, 0.2) is 48.5 Å². The van der Waals surface area contributed by atoms with Gasteiger partial charge in [-0.3, -0.25) is 0 Å².